The zero-order chi connectivity index (χ0) is 25.1. The first-order valence-electron chi connectivity index (χ1n) is 11.6. The maximum Gasteiger partial charge on any atom is 0.312 e. The van der Waals surface area contributed by atoms with E-state index in [2.05, 4.69) is 41.6 Å². The molecule has 6 aromatic rings. The number of aromatic nitrogens is 8. The van der Waals surface area contributed by atoms with E-state index >= 15 is 0 Å². The molecule has 5 N–H and O–H groups in total. The third-order valence-electron chi connectivity index (χ3n) is 6.80. The molecule has 6 heterocycles. The number of nitrogen functional groups attached to an aromatic ring is 1. The summed E-state index contributed by atoms with van der Waals surface area (Å²) in [7, 11) is 1.85. The van der Waals surface area contributed by atoms with Crippen LogP contribution in [0.15, 0.2) is 65.6 Å². The van der Waals surface area contributed by atoms with Crippen molar-refractivity contribution in [3.63, 3.8) is 0 Å². The number of hydrogen-bond acceptors (Lipinski definition) is 8. The van der Waals surface area contributed by atoms with Gasteiger partial charge in [-0.2, -0.15) is 5.10 Å². The van der Waals surface area contributed by atoms with Gasteiger partial charge in [0.2, 0.25) is 5.89 Å². The van der Waals surface area contributed by atoms with Gasteiger partial charge >= 0.3 is 6.01 Å². The highest BCUT2D eigenvalue weighted by atomic mass is 19.1. The SMILES string of the molecule is Cn1cc(C2(c3nnc(N)o3)NC(c3nc(-c4ccc(F)cn4)c[nH]3)Cc3c2[nH]c2ccccc32)cn1. The molecule has 1 aliphatic rings. The second-order valence-corrected chi connectivity index (χ2v) is 9.06. The van der Waals surface area contributed by atoms with Gasteiger partial charge in [-0.3, -0.25) is 15.0 Å². The summed E-state index contributed by atoms with van der Waals surface area (Å²) >= 11 is 0. The van der Waals surface area contributed by atoms with Crippen molar-refractivity contribution >= 4 is 16.9 Å². The molecule has 2 atom stereocenters. The molecule has 0 amide bonds. The number of benzene rings is 1. The smallest absolute Gasteiger partial charge is 0.312 e. The predicted octanol–water partition coefficient (Wildman–Crippen LogP) is 2.97. The number of fused-ring (bicyclic) bond motifs is 3. The Morgan fingerprint density at radius 1 is 1.14 bits per heavy atom. The van der Waals surface area contributed by atoms with Crippen LogP contribution in [0.4, 0.5) is 10.4 Å². The number of anilines is 1. The van der Waals surface area contributed by atoms with E-state index in [0.29, 0.717) is 23.6 Å². The lowest BCUT2D eigenvalue weighted by Crippen LogP contribution is -2.51. The van der Waals surface area contributed by atoms with E-state index < -0.39 is 11.4 Å². The molecule has 0 saturated heterocycles. The molecule has 12 heteroatoms. The van der Waals surface area contributed by atoms with Crippen molar-refractivity contribution in [1.29, 1.82) is 0 Å². The lowest BCUT2D eigenvalue weighted by atomic mass is 9.79. The second-order valence-electron chi connectivity index (χ2n) is 9.06. The summed E-state index contributed by atoms with van der Waals surface area (Å²) in [6.45, 7) is 0. The summed E-state index contributed by atoms with van der Waals surface area (Å²) in [5.74, 6) is 0.556. The minimum absolute atomic E-state index is 0.0393. The van der Waals surface area contributed by atoms with Crippen molar-refractivity contribution < 1.29 is 8.81 Å². The van der Waals surface area contributed by atoms with Crippen molar-refractivity contribution in [2.75, 3.05) is 5.73 Å². The summed E-state index contributed by atoms with van der Waals surface area (Å²) in [4.78, 5) is 15.8. The van der Waals surface area contributed by atoms with Crippen molar-refractivity contribution in [1.82, 2.24) is 45.2 Å². The second kappa shape index (κ2) is 7.83. The van der Waals surface area contributed by atoms with Gasteiger partial charge in [0.05, 0.1) is 29.8 Å². The molecule has 5 aromatic heterocycles. The van der Waals surface area contributed by atoms with Crippen molar-refractivity contribution in [3.8, 4) is 11.4 Å². The molecule has 11 nitrogen and oxygen atoms in total. The van der Waals surface area contributed by atoms with E-state index in [0.717, 1.165) is 27.7 Å². The fourth-order valence-electron chi connectivity index (χ4n) is 5.18. The molecular weight excluding hydrogens is 475 g/mol. The number of H-pyrrole nitrogens is 2. The van der Waals surface area contributed by atoms with Crippen LogP contribution in [0.3, 0.4) is 0 Å². The van der Waals surface area contributed by atoms with Crippen LogP contribution >= 0.6 is 0 Å². The average Bonchev–Trinajstić information content (AvgIpc) is 3.70. The van der Waals surface area contributed by atoms with E-state index in [1.807, 2.05) is 31.4 Å². The molecule has 0 radical (unpaired) electrons. The topological polar surface area (TPSA) is 152 Å². The first-order valence-corrected chi connectivity index (χ1v) is 11.6. The van der Waals surface area contributed by atoms with Crippen LogP contribution in [0.5, 0.6) is 0 Å². The number of pyridine rings is 1. The first-order chi connectivity index (χ1) is 18.0. The third kappa shape index (κ3) is 3.26. The number of imidazole rings is 1. The molecule has 0 spiro atoms. The quantitative estimate of drug-likeness (QED) is 0.291. The lowest BCUT2D eigenvalue weighted by Gasteiger charge is -2.38. The molecule has 184 valence electrons. The highest BCUT2D eigenvalue weighted by Gasteiger charge is 2.50. The van der Waals surface area contributed by atoms with E-state index in [4.69, 9.17) is 15.1 Å². The monoisotopic (exact) mass is 496 g/mol. The normalized spacial score (nSPS) is 19.4. The predicted molar refractivity (Wildman–Crippen MR) is 131 cm³/mol. The van der Waals surface area contributed by atoms with Gasteiger partial charge in [-0.1, -0.05) is 23.3 Å². The Kier molecular flexibility index (Phi) is 4.54. The van der Waals surface area contributed by atoms with Crippen LogP contribution in [0, 0.1) is 5.82 Å². The summed E-state index contributed by atoms with van der Waals surface area (Å²) in [6, 6.07) is 10.7. The molecule has 1 aliphatic heterocycles. The van der Waals surface area contributed by atoms with E-state index in [-0.39, 0.29) is 17.9 Å². The zero-order valence-corrected chi connectivity index (χ0v) is 19.6. The lowest BCUT2D eigenvalue weighted by molar-refractivity contribution is 0.293. The summed E-state index contributed by atoms with van der Waals surface area (Å²) < 4.78 is 21.0. The van der Waals surface area contributed by atoms with Gasteiger partial charge in [0.1, 0.15) is 17.3 Å². The molecule has 0 fully saturated rings. The Morgan fingerprint density at radius 2 is 2.03 bits per heavy atom. The fraction of sp³-hybridized carbons (Fsp3) is 0.160. The molecule has 7 rings (SSSR count). The number of hydrogen-bond donors (Lipinski definition) is 4. The van der Waals surface area contributed by atoms with Crippen molar-refractivity contribution in [2.45, 2.75) is 18.0 Å². The summed E-state index contributed by atoms with van der Waals surface area (Å²) in [5.41, 5.74) is 9.70. The average molecular weight is 497 g/mol. The molecule has 1 aromatic carbocycles. The van der Waals surface area contributed by atoms with Crippen LogP contribution in [0.1, 0.15) is 34.6 Å². The number of aryl methyl sites for hydroxylation is 1. The molecule has 0 aliphatic carbocycles. The number of aromatic amines is 2. The van der Waals surface area contributed by atoms with Gasteiger partial charge in [0, 0.05) is 35.9 Å². The highest BCUT2D eigenvalue weighted by Crippen LogP contribution is 2.46. The van der Waals surface area contributed by atoms with Crippen LogP contribution in [-0.2, 0) is 19.0 Å². The first kappa shape index (κ1) is 21.4. The Balaban J connectivity index is 1.44. The number of halogens is 1. The van der Waals surface area contributed by atoms with Gasteiger partial charge < -0.3 is 20.1 Å². The number of nitrogens with two attached hydrogens (primary N) is 1. The minimum Gasteiger partial charge on any atom is -0.405 e. The van der Waals surface area contributed by atoms with Crippen molar-refractivity contribution in [3.05, 3.63) is 95.5 Å². The Hall–Kier alpha value is -4.84. The van der Waals surface area contributed by atoms with Crippen LogP contribution in [0.25, 0.3) is 22.3 Å². The van der Waals surface area contributed by atoms with Gasteiger partial charge in [0.15, 0.2) is 5.54 Å². The van der Waals surface area contributed by atoms with Gasteiger partial charge in [-0.25, -0.2) is 9.37 Å². The van der Waals surface area contributed by atoms with Crippen molar-refractivity contribution in [2.24, 2.45) is 7.05 Å². The molecule has 0 bridgehead atoms. The van der Waals surface area contributed by atoms with E-state index in [1.54, 1.807) is 23.1 Å². The number of nitrogens with one attached hydrogen (secondary N) is 3. The standard InChI is InChI=1S/C25H21FN10O/c1-36-12-13(9-30-36)25(23-34-35-24(27)37-23)21-16(15-4-2-3-5-17(15)31-21)8-19(33-25)22-29-11-20(32-22)18-7-6-14(26)10-28-18/h2-7,9-12,19,31,33H,8H2,1H3,(H2,27,35)(H,29,32). The maximum absolute atomic E-state index is 13.4. The molecule has 2 unspecified atom stereocenters. The number of para-hydroxylation sites is 1. The van der Waals surface area contributed by atoms with Gasteiger partial charge in [-0.15, -0.1) is 5.10 Å². The largest absolute Gasteiger partial charge is 0.405 e. The zero-order valence-electron chi connectivity index (χ0n) is 19.6. The van der Waals surface area contributed by atoms with E-state index in [9.17, 15) is 4.39 Å². The van der Waals surface area contributed by atoms with E-state index in [1.165, 1.54) is 12.3 Å². The van der Waals surface area contributed by atoms with Gasteiger partial charge in [0.25, 0.3) is 0 Å². The summed E-state index contributed by atoms with van der Waals surface area (Å²) in [6.07, 6.45) is 7.23. The number of nitrogens with zero attached hydrogens (tertiary/aromatic N) is 6. The molecule has 37 heavy (non-hydrogen) atoms. The minimum atomic E-state index is -1.09. The van der Waals surface area contributed by atoms with Crippen LogP contribution < -0.4 is 11.1 Å². The Bertz CT molecular complexity index is 1700. The van der Waals surface area contributed by atoms with Gasteiger partial charge in [-0.05, 0) is 30.2 Å². The molecular formula is C25H21FN10O. The van der Waals surface area contributed by atoms with Crippen LogP contribution in [-0.4, -0.2) is 39.9 Å². The highest BCUT2D eigenvalue weighted by molar-refractivity contribution is 5.86. The third-order valence-corrected chi connectivity index (χ3v) is 6.80. The molecule has 0 saturated carbocycles. The maximum atomic E-state index is 13.4. The summed E-state index contributed by atoms with van der Waals surface area (Å²) in [5, 5.41) is 17.5. The Morgan fingerprint density at radius 3 is 2.78 bits per heavy atom. The fourth-order valence-corrected chi connectivity index (χ4v) is 5.18. The van der Waals surface area contributed by atoms with Crippen LogP contribution in [0.2, 0.25) is 0 Å². The Labute approximate surface area is 209 Å². The number of rotatable bonds is 4.